The molecule has 1 aromatic carbocycles. The average molecular weight is 329 g/mol. The van der Waals surface area contributed by atoms with Crippen molar-refractivity contribution >= 4 is 11.9 Å². The van der Waals surface area contributed by atoms with Crippen molar-refractivity contribution < 1.29 is 9.84 Å². The van der Waals surface area contributed by atoms with Crippen molar-refractivity contribution in [2.24, 2.45) is 0 Å². The van der Waals surface area contributed by atoms with E-state index in [0.29, 0.717) is 19.3 Å². The van der Waals surface area contributed by atoms with Gasteiger partial charge < -0.3 is 15.2 Å². The first-order chi connectivity index (χ1) is 10.6. The van der Waals surface area contributed by atoms with Crippen molar-refractivity contribution in [2.45, 2.75) is 51.6 Å². The Bertz CT molecular complexity index is 345. The Labute approximate surface area is 140 Å². The van der Waals surface area contributed by atoms with E-state index in [2.05, 4.69) is 62.0 Å². The molecule has 0 radical (unpaired) electrons. The van der Waals surface area contributed by atoms with Crippen LogP contribution in [0.15, 0.2) is 29.2 Å². The summed E-state index contributed by atoms with van der Waals surface area (Å²) in [5, 5.41) is 11.9. The van der Waals surface area contributed by atoms with Gasteiger partial charge in [-0.15, -0.1) is 0 Å². The molecule has 0 unspecified atom stereocenters. The highest BCUT2D eigenvalue weighted by Gasteiger charge is 1.97. The Kier molecular flexibility index (Phi) is 14.9. The number of aliphatic hydroxyl groups is 1. The summed E-state index contributed by atoms with van der Waals surface area (Å²) >= 11 is 1.60. The Morgan fingerprint density at radius 1 is 1.14 bits per heavy atom. The normalized spacial score (nSPS) is 10.5. The van der Waals surface area contributed by atoms with Gasteiger partial charge in [0.05, 0.1) is 19.8 Å². The highest BCUT2D eigenvalue weighted by Crippen LogP contribution is 2.15. The third kappa shape index (κ3) is 13.1. The van der Waals surface area contributed by atoms with Gasteiger partial charge in [-0.1, -0.05) is 46.2 Å². The van der Waals surface area contributed by atoms with Crippen LogP contribution in [-0.2, 0) is 11.3 Å². The lowest BCUT2D eigenvalue weighted by molar-refractivity contribution is 0.0964. The molecule has 0 saturated carbocycles. The molecule has 0 atom stereocenters. The molecule has 0 bridgehead atoms. The van der Waals surface area contributed by atoms with Gasteiger partial charge in [0.15, 0.2) is 0 Å². The lowest BCUT2D eigenvalue weighted by Gasteiger charge is -2.09. The largest absolute Gasteiger partial charge is 0.394 e. The summed E-state index contributed by atoms with van der Waals surface area (Å²) < 4.78 is 8.38. The zero-order valence-corrected chi connectivity index (χ0v) is 15.2. The van der Waals surface area contributed by atoms with Crippen LogP contribution in [0.25, 0.3) is 0 Å². The molecule has 0 amide bonds. The molecule has 1 rings (SSSR count). The fourth-order valence-electron chi connectivity index (χ4n) is 1.41. The summed E-state index contributed by atoms with van der Waals surface area (Å²) in [6.45, 7) is 11.3. The molecule has 22 heavy (non-hydrogen) atoms. The molecule has 0 aliphatic carbocycles. The van der Waals surface area contributed by atoms with Crippen LogP contribution in [0.5, 0.6) is 0 Å². The van der Waals surface area contributed by atoms with E-state index in [1.165, 1.54) is 16.9 Å². The zero-order chi connectivity index (χ0) is 16.6. The van der Waals surface area contributed by atoms with Crippen LogP contribution in [-0.4, -0.2) is 37.5 Å². The van der Waals surface area contributed by atoms with Gasteiger partial charge >= 0.3 is 0 Å². The Balaban J connectivity index is 0.00000135. The van der Waals surface area contributed by atoms with Gasteiger partial charge in [-0.05, 0) is 29.6 Å². The average Bonchev–Trinajstić information content (AvgIpc) is 2.50. The third-order valence-corrected chi connectivity index (χ3v) is 3.27. The molecule has 5 heteroatoms. The number of hydrogen-bond donors (Lipinski definition) is 3. The van der Waals surface area contributed by atoms with E-state index in [4.69, 9.17) is 9.84 Å². The Morgan fingerprint density at radius 2 is 1.77 bits per heavy atom. The van der Waals surface area contributed by atoms with Gasteiger partial charge in [0.25, 0.3) is 0 Å². The number of hydrogen-bond acceptors (Lipinski definition) is 5. The molecule has 0 spiro atoms. The number of nitrogens with one attached hydrogen (secondary N) is 2. The number of ether oxygens (including phenoxy) is 1. The maximum absolute atomic E-state index is 8.55. The molecule has 0 saturated heterocycles. The minimum Gasteiger partial charge on any atom is -0.394 e. The summed E-state index contributed by atoms with van der Waals surface area (Å²) in [5.74, 6) is 0. The summed E-state index contributed by atoms with van der Waals surface area (Å²) in [7, 11) is 0. The van der Waals surface area contributed by atoms with Crippen LogP contribution < -0.4 is 10.0 Å². The topological polar surface area (TPSA) is 53.5 Å². The van der Waals surface area contributed by atoms with Crippen molar-refractivity contribution in [2.75, 3.05) is 26.4 Å². The van der Waals surface area contributed by atoms with Gasteiger partial charge in [-0.3, -0.25) is 4.72 Å². The maximum Gasteiger partial charge on any atom is 0.0698 e. The number of rotatable bonds is 10. The molecule has 0 fully saturated rings. The lowest BCUT2D eigenvalue weighted by atomic mass is 10.2. The van der Waals surface area contributed by atoms with E-state index in [1.807, 2.05) is 0 Å². The summed E-state index contributed by atoms with van der Waals surface area (Å²) in [5.41, 5.74) is 1.30. The van der Waals surface area contributed by atoms with E-state index in [0.717, 1.165) is 13.1 Å². The van der Waals surface area contributed by atoms with Crippen LogP contribution in [0, 0.1) is 0 Å². The molecule has 0 aliphatic heterocycles. The minimum absolute atomic E-state index is 0.0824. The maximum atomic E-state index is 8.55. The molecular formula is C17H32N2O2S. The second-order valence-electron chi connectivity index (χ2n) is 5.22. The molecule has 4 nitrogen and oxygen atoms in total. The molecule has 3 N–H and O–H groups in total. The number of aliphatic hydroxyl groups excluding tert-OH is 1. The van der Waals surface area contributed by atoms with E-state index >= 15 is 0 Å². The monoisotopic (exact) mass is 328 g/mol. The van der Waals surface area contributed by atoms with Gasteiger partial charge in [0.2, 0.25) is 0 Å². The lowest BCUT2D eigenvalue weighted by Crippen LogP contribution is -2.21. The van der Waals surface area contributed by atoms with E-state index in [-0.39, 0.29) is 6.61 Å². The van der Waals surface area contributed by atoms with Gasteiger partial charge in [0, 0.05) is 24.0 Å². The first-order valence-electron chi connectivity index (χ1n) is 8.04. The Hall–Kier alpha value is -0.590. The van der Waals surface area contributed by atoms with Crippen molar-refractivity contribution in [1.29, 1.82) is 0 Å². The van der Waals surface area contributed by atoms with Crippen molar-refractivity contribution in [1.82, 2.24) is 10.0 Å². The molecule has 128 valence electrons. The van der Waals surface area contributed by atoms with Crippen LogP contribution in [0.4, 0.5) is 0 Å². The molecule has 1 aromatic rings. The summed E-state index contributed by atoms with van der Waals surface area (Å²) in [4.78, 5) is 1.19. The van der Waals surface area contributed by atoms with Crippen molar-refractivity contribution in [3.8, 4) is 0 Å². The standard InChI is InChI=1S/C14H24N2O2S.C3H8/c1-12(2)15-11-13-3-5-14(6-4-13)19-16-7-9-18-10-8-17;1-3-2/h3-6,12,15-17H,7-11H2,1-2H3;3H2,1-2H3. The highest BCUT2D eigenvalue weighted by atomic mass is 32.2. The minimum atomic E-state index is 0.0824. The molecular weight excluding hydrogens is 296 g/mol. The fraction of sp³-hybridized carbons (Fsp3) is 0.647. The second kappa shape index (κ2) is 15.3. The highest BCUT2D eigenvalue weighted by molar-refractivity contribution is 7.97. The third-order valence-electron chi connectivity index (χ3n) is 2.41. The van der Waals surface area contributed by atoms with E-state index in [1.54, 1.807) is 11.9 Å². The molecule has 0 aliphatic rings. The first kappa shape index (κ1) is 21.4. The summed E-state index contributed by atoms with van der Waals surface area (Å²) in [6.07, 6.45) is 1.25. The quantitative estimate of drug-likeness (QED) is 0.455. The summed E-state index contributed by atoms with van der Waals surface area (Å²) in [6, 6.07) is 9.02. The van der Waals surface area contributed by atoms with Crippen LogP contribution in [0.1, 0.15) is 39.7 Å². The van der Waals surface area contributed by atoms with Gasteiger partial charge in [-0.2, -0.15) is 0 Å². The molecule has 0 aromatic heterocycles. The van der Waals surface area contributed by atoms with E-state index in [9.17, 15) is 0 Å². The van der Waals surface area contributed by atoms with Crippen LogP contribution >= 0.6 is 11.9 Å². The van der Waals surface area contributed by atoms with Crippen LogP contribution in [0.3, 0.4) is 0 Å². The van der Waals surface area contributed by atoms with Gasteiger partial charge in [0.1, 0.15) is 0 Å². The predicted octanol–water partition coefficient (Wildman–Crippen LogP) is 3.21. The van der Waals surface area contributed by atoms with Crippen LogP contribution in [0.2, 0.25) is 0 Å². The van der Waals surface area contributed by atoms with Crippen molar-refractivity contribution in [3.05, 3.63) is 29.8 Å². The smallest absolute Gasteiger partial charge is 0.0698 e. The second-order valence-corrected chi connectivity index (χ2v) is 6.18. The molecule has 0 heterocycles. The first-order valence-corrected chi connectivity index (χ1v) is 8.86. The van der Waals surface area contributed by atoms with E-state index < -0.39 is 0 Å². The van der Waals surface area contributed by atoms with Crippen molar-refractivity contribution in [3.63, 3.8) is 0 Å². The predicted molar refractivity (Wildman–Crippen MR) is 96.1 cm³/mol. The SMILES string of the molecule is CC(C)NCc1ccc(SNCCOCCO)cc1.CCC. The zero-order valence-electron chi connectivity index (χ0n) is 14.4. The Morgan fingerprint density at radius 3 is 2.32 bits per heavy atom. The van der Waals surface area contributed by atoms with Gasteiger partial charge in [-0.25, -0.2) is 0 Å². The fourth-order valence-corrected chi connectivity index (χ4v) is 2.04. The number of benzene rings is 1.